The Morgan fingerprint density at radius 2 is 1.76 bits per heavy atom. The van der Waals surface area contributed by atoms with Gasteiger partial charge in [0, 0.05) is 32.2 Å². The second kappa shape index (κ2) is 7.05. The second-order valence-corrected chi connectivity index (χ2v) is 6.75. The SMILES string of the molecule is COCCC(C)(O)CNC(=O)c1ccc(C(C)(C)C)cc1. The molecule has 1 aromatic carbocycles. The minimum atomic E-state index is -0.961. The maximum absolute atomic E-state index is 12.1. The van der Waals surface area contributed by atoms with Gasteiger partial charge >= 0.3 is 0 Å². The van der Waals surface area contributed by atoms with E-state index in [0.29, 0.717) is 18.6 Å². The summed E-state index contributed by atoms with van der Waals surface area (Å²) in [6.07, 6.45) is 0.479. The average Bonchev–Trinajstić information content (AvgIpc) is 2.42. The molecule has 21 heavy (non-hydrogen) atoms. The number of carbonyl (C=O) groups excluding carboxylic acids is 1. The zero-order valence-corrected chi connectivity index (χ0v) is 13.7. The highest BCUT2D eigenvalue weighted by molar-refractivity contribution is 5.94. The fourth-order valence-electron chi connectivity index (χ4n) is 1.90. The average molecular weight is 293 g/mol. The molecule has 1 unspecified atom stereocenters. The summed E-state index contributed by atoms with van der Waals surface area (Å²) in [7, 11) is 1.59. The maximum atomic E-state index is 12.1. The molecule has 118 valence electrons. The number of benzene rings is 1. The largest absolute Gasteiger partial charge is 0.388 e. The third-order valence-corrected chi connectivity index (χ3v) is 3.49. The highest BCUT2D eigenvalue weighted by atomic mass is 16.5. The molecule has 2 N–H and O–H groups in total. The highest BCUT2D eigenvalue weighted by Gasteiger charge is 2.21. The van der Waals surface area contributed by atoms with Crippen molar-refractivity contribution in [2.24, 2.45) is 0 Å². The van der Waals surface area contributed by atoms with Crippen LogP contribution in [0.5, 0.6) is 0 Å². The molecule has 0 saturated carbocycles. The molecule has 0 spiro atoms. The standard InChI is InChI=1S/C17H27NO3/c1-16(2,3)14-8-6-13(7-9-14)15(19)18-12-17(4,20)10-11-21-5/h6-9,20H,10-12H2,1-5H3,(H,18,19). The number of rotatable bonds is 6. The van der Waals surface area contributed by atoms with Gasteiger partial charge in [0.15, 0.2) is 0 Å². The molecule has 0 bridgehead atoms. The number of carbonyl (C=O) groups is 1. The summed E-state index contributed by atoms with van der Waals surface area (Å²) in [6.45, 7) is 8.76. The molecule has 0 heterocycles. The Labute approximate surface area is 127 Å². The summed E-state index contributed by atoms with van der Waals surface area (Å²) in [5.74, 6) is -0.173. The molecular formula is C17H27NO3. The number of nitrogens with one attached hydrogen (secondary N) is 1. The van der Waals surface area contributed by atoms with Crippen molar-refractivity contribution < 1.29 is 14.6 Å². The number of ether oxygens (including phenoxy) is 1. The van der Waals surface area contributed by atoms with E-state index >= 15 is 0 Å². The Kier molecular flexibility index (Phi) is 5.93. The minimum Gasteiger partial charge on any atom is -0.388 e. The third kappa shape index (κ3) is 5.86. The maximum Gasteiger partial charge on any atom is 0.251 e. The van der Waals surface area contributed by atoms with E-state index in [1.54, 1.807) is 14.0 Å². The van der Waals surface area contributed by atoms with Gasteiger partial charge in [-0.05, 0) is 30.0 Å². The molecule has 4 heteroatoms. The predicted molar refractivity (Wildman–Crippen MR) is 84.6 cm³/mol. The zero-order chi connectivity index (χ0) is 16.1. The first-order valence-electron chi connectivity index (χ1n) is 7.26. The Balaban J connectivity index is 2.60. The molecule has 1 rings (SSSR count). The topological polar surface area (TPSA) is 58.6 Å². The van der Waals surface area contributed by atoms with E-state index in [1.807, 2.05) is 24.3 Å². The molecule has 0 aliphatic rings. The minimum absolute atomic E-state index is 0.0683. The molecule has 0 aliphatic carbocycles. The summed E-state index contributed by atoms with van der Waals surface area (Å²) in [5, 5.41) is 12.9. The lowest BCUT2D eigenvalue weighted by Gasteiger charge is -2.23. The summed E-state index contributed by atoms with van der Waals surface area (Å²) in [4.78, 5) is 12.1. The normalized spacial score (nSPS) is 14.6. The molecular weight excluding hydrogens is 266 g/mol. The van der Waals surface area contributed by atoms with Gasteiger partial charge in [0.25, 0.3) is 5.91 Å². The molecule has 0 saturated heterocycles. The van der Waals surface area contributed by atoms with Crippen molar-refractivity contribution >= 4 is 5.91 Å². The van der Waals surface area contributed by atoms with Gasteiger partial charge in [0.2, 0.25) is 0 Å². The Morgan fingerprint density at radius 1 is 1.19 bits per heavy atom. The molecule has 0 aliphatic heterocycles. The second-order valence-electron chi connectivity index (χ2n) is 6.75. The highest BCUT2D eigenvalue weighted by Crippen LogP contribution is 2.22. The van der Waals surface area contributed by atoms with E-state index in [9.17, 15) is 9.90 Å². The molecule has 0 radical (unpaired) electrons. The summed E-state index contributed by atoms with van der Waals surface area (Å²) < 4.78 is 4.94. The van der Waals surface area contributed by atoms with Crippen molar-refractivity contribution in [2.45, 2.75) is 45.1 Å². The summed E-state index contributed by atoms with van der Waals surface area (Å²) in [6, 6.07) is 7.58. The van der Waals surface area contributed by atoms with Gasteiger partial charge in [0.1, 0.15) is 0 Å². The number of amides is 1. The van der Waals surface area contributed by atoms with Gasteiger partial charge in [-0.3, -0.25) is 4.79 Å². The first-order valence-corrected chi connectivity index (χ1v) is 7.26. The van der Waals surface area contributed by atoms with Gasteiger partial charge in [0.05, 0.1) is 5.60 Å². The van der Waals surface area contributed by atoms with Crippen LogP contribution in [0.25, 0.3) is 0 Å². The number of aliphatic hydroxyl groups is 1. The Bertz CT molecular complexity index is 458. The van der Waals surface area contributed by atoms with E-state index in [-0.39, 0.29) is 17.9 Å². The molecule has 4 nitrogen and oxygen atoms in total. The van der Waals surface area contributed by atoms with Crippen LogP contribution < -0.4 is 5.32 Å². The van der Waals surface area contributed by atoms with Crippen LogP contribution in [0, 0.1) is 0 Å². The van der Waals surface area contributed by atoms with Gasteiger partial charge in [-0.2, -0.15) is 0 Å². The molecule has 1 amide bonds. The van der Waals surface area contributed by atoms with Crippen LogP contribution in [-0.4, -0.2) is 36.9 Å². The number of hydrogen-bond acceptors (Lipinski definition) is 3. The molecule has 1 atom stereocenters. The van der Waals surface area contributed by atoms with E-state index < -0.39 is 5.60 Å². The fraction of sp³-hybridized carbons (Fsp3) is 0.588. The van der Waals surface area contributed by atoms with Crippen molar-refractivity contribution in [3.05, 3.63) is 35.4 Å². The van der Waals surface area contributed by atoms with Crippen LogP contribution in [0.15, 0.2) is 24.3 Å². The van der Waals surface area contributed by atoms with Crippen LogP contribution in [0.1, 0.15) is 50.0 Å². The van der Waals surface area contributed by atoms with Crippen molar-refractivity contribution in [3.8, 4) is 0 Å². The van der Waals surface area contributed by atoms with E-state index in [2.05, 4.69) is 26.1 Å². The lowest BCUT2D eigenvalue weighted by molar-refractivity contribution is 0.0243. The lowest BCUT2D eigenvalue weighted by atomic mass is 9.86. The van der Waals surface area contributed by atoms with Crippen LogP contribution in [0.3, 0.4) is 0 Å². The smallest absolute Gasteiger partial charge is 0.251 e. The fourth-order valence-corrected chi connectivity index (χ4v) is 1.90. The quantitative estimate of drug-likeness (QED) is 0.847. The van der Waals surface area contributed by atoms with Crippen LogP contribution >= 0.6 is 0 Å². The van der Waals surface area contributed by atoms with Crippen molar-refractivity contribution in [3.63, 3.8) is 0 Å². The van der Waals surface area contributed by atoms with E-state index in [0.717, 1.165) is 0 Å². The first kappa shape index (κ1) is 17.7. The van der Waals surface area contributed by atoms with Crippen LogP contribution in [-0.2, 0) is 10.2 Å². The summed E-state index contributed by atoms with van der Waals surface area (Å²) >= 11 is 0. The van der Waals surface area contributed by atoms with Gasteiger partial charge in [-0.25, -0.2) is 0 Å². The molecule has 1 aromatic rings. The van der Waals surface area contributed by atoms with Crippen molar-refractivity contribution in [2.75, 3.05) is 20.3 Å². The summed E-state index contributed by atoms with van der Waals surface area (Å²) in [5.41, 5.74) is 0.896. The number of methoxy groups -OCH3 is 1. The van der Waals surface area contributed by atoms with Gasteiger partial charge < -0.3 is 15.2 Å². The molecule has 0 fully saturated rings. The Hall–Kier alpha value is -1.39. The predicted octanol–water partition coefficient (Wildman–Crippen LogP) is 2.50. The van der Waals surface area contributed by atoms with E-state index in [4.69, 9.17) is 4.74 Å². The van der Waals surface area contributed by atoms with Gasteiger partial charge in [-0.1, -0.05) is 32.9 Å². The van der Waals surface area contributed by atoms with E-state index in [1.165, 1.54) is 5.56 Å². The number of hydrogen-bond donors (Lipinski definition) is 2. The zero-order valence-electron chi connectivity index (χ0n) is 13.7. The van der Waals surface area contributed by atoms with Crippen molar-refractivity contribution in [1.82, 2.24) is 5.32 Å². The van der Waals surface area contributed by atoms with Crippen molar-refractivity contribution in [1.29, 1.82) is 0 Å². The van der Waals surface area contributed by atoms with Crippen LogP contribution in [0.4, 0.5) is 0 Å². The van der Waals surface area contributed by atoms with Gasteiger partial charge in [-0.15, -0.1) is 0 Å². The third-order valence-electron chi connectivity index (χ3n) is 3.49. The van der Waals surface area contributed by atoms with Crippen LogP contribution in [0.2, 0.25) is 0 Å². The monoisotopic (exact) mass is 293 g/mol. The first-order chi connectivity index (χ1) is 9.65. The molecule has 0 aromatic heterocycles. The lowest BCUT2D eigenvalue weighted by Crippen LogP contribution is -2.41. The Morgan fingerprint density at radius 3 is 2.24 bits per heavy atom.